The van der Waals surface area contributed by atoms with Crippen LogP contribution in [-0.2, 0) is 9.53 Å². The van der Waals surface area contributed by atoms with Gasteiger partial charge in [-0.2, -0.15) is 5.26 Å². The van der Waals surface area contributed by atoms with Crippen molar-refractivity contribution in [2.24, 2.45) is 0 Å². The maximum absolute atomic E-state index is 12.6. The van der Waals surface area contributed by atoms with Crippen molar-refractivity contribution in [2.45, 2.75) is 18.8 Å². The molecular weight excluding hydrogens is 386 g/mol. The van der Waals surface area contributed by atoms with E-state index < -0.39 is 5.97 Å². The number of carbonyl (C=O) groups excluding carboxylic acids is 2. The van der Waals surface area contributed by atoms with Gasteiger partial charge < -0.3 is 9.64 Å². The Labute approximate surface area is 172 Å². The number of aromatic nitrogens is 1. The van der Waals surface area contributed by atoms with Crippen LogP contribution in [0.15, 0.2) is 48.5 Å². The minimum atomic E-state index is -0.602. The molecule has 1 atom stereocenters. The number of para-hydroxylation sites is 1. The molecule has 0 bridgehead atoms. The van der Waals surface area contributed by atoms with Gasteiger partial charge in [0.1, 0.15) is 0 Å². The van der Waals surface area contributed by atoms with Crippen molar-refractivity contribution in [3.63, 3.8) is 0 Å². The van der Waals surface area contributed by atoms with Crippen LogP contribution in [0.1, 0.15) is 39.7 Å². The van der Waals surface area contributed by atoms with Crippen molar-refractivity contribution in [2.75, 3.05) is 19.7 Å². The number of thiazole rings is 1. The molecule has 0 unspecified atom stereocenters. The molecule has 0 N–H and O–H groups in total. The average Bonchev–Trinajstić information content (AvgIpc) is 3.22. The van der Waals surface area contributed by atoms with Gasteiger partial charge in [0.25, 0.3) is 5.91 Å². The molecule has 0 aliphatic carbocycles. The van der Waals surface area contributed by atoms with E-state index in [2.05, 4.69) is 6.07 Å². The van der Waals surface area contributed by atoms with E-state index in [1.54, 1.807) is 34.4 Å². The van der Waals surface area contributed by atoms with Crippen LogP contribution < -0.4 is 0 Å². The zero-order chi connectivity index (χ0) is 20.2. The first-order valence-electron chi connectivity index (χ1n) is 9.44. The Hall–Kier alpha value is -3.24. The predicted octanol–water partition coefficient (Wildman–Crippen LogP) is 3.73. The third kappa shape index (κ3) is 4.28. The molecule has 4 rings (SSSR count). The SMILES string of the molecule is N#Cc1cccc(C(=O)OCC(=O)N2CCC[C@@H](c3nc4ccccc4s3)C2)c1. The molecule has 1 saturated heterocycles. The summed E-state index contributed by atoms with van der Waals surface area (Å²) in [7, 11) is 0. The Kier molecular flexibility index (Phi) is 5.54. The van der Waals surface area contributed by atoms with Crippen LogP contribution in [0, 0.1) is 11.3 Å². The van der Waals surface area contributed by atoms with Crippen LogP contribution in [0.25, 0.3) is 10.2 Å². The summed E-state index contributed by atoms with van der Waals surface area (Å²) in [6.07, 6.45) is 1.88. The molecule has 1 fully saturated rings. The highest BCUT2D eigenvalue weighted by Gasteiger charge is 2.27. The van der Waals surface area contributed by atoms with Gasteiger partial charge in [-0.1, -0.05) is 18.2 Å². The fourth-order valence-corrected chi connectivity index (χ4v) is 4.58. The summed E-state index contributed by atoms with van der Waals surface area (Å²) < 4.78 is 6.33. The molecule has 1 aliphatic rings. The van der Waals surface area contributed by atoms with Crippen molar-refractivity contribution >= 4 is 33.4 Å². The van der Waals surface area contributed by atoms with Crippen molar-refractivity contribution in [3.05, 3.63) is 64.7 Å². The average molecular weight is 405 g/mol. The highest BCUT2D eigenvalue weighted by molar-refractivity contribution is 7.18. The van der Waals surface area contributed by atoms with Crippen LogP contribution >= 0.6 is 11.3 Å². The molecule has 2 heterocycles. The van der Waals surface area contributed by atoms with Gasteiger partial charge in [-0.05, 0) is 43.2 Å². The lowest BCUT2D eigenvalue weighted by molar-refractivity contribution is -0.135. The minimum Gasteiger partial charge on any atom is -0.452 e. The van der Waals surface area contributed by atoms with Crippen molar-refractivity contribution < 1.29 is 14.3 Å². The van der Waals surface area contributed by atoms with Gasteiger partial charge in [-0.3, -0.25) is 4.79 Å². The number of piperidine rings is 1. The summed E-state index contributed by atoms with van der Waals surface area (Å²) in [6.45, 7) is 0.935. The number of nitrogens with zero attached hydrogens (tertiary/aromatic N) is 3. The fourth-order valence-electron chi connectivity index (χ4n) is 3.49. The number of likely N-dealkylation sites (tertiary alicyclic amines) is 1. The maximum Gasteiger partial charge on any atom is 0.338 e. The van der Waals surface area contributed by atoms with E-state index in [-0.39, 0.29) is 24.0 Å². The van der Waals surface area contributed by atoms with E-state index in [1.807, 2.05) is 24.3 Å². The first kappa shape index (κ1) is 19.1. The standard InChI is InChI=1S/C22H19N3O3S/c23-12-15-5-3-6-16(11-15)22(27)28-14-20(26)25-10-4-7-17(13-25)21-24-18-8-1-2-9-19(18)29-21/h1-3,5-6,8-9,11,17H,4,7,10,13-14H2/t17-/m1/s1. The van der Waals surface area contributed by atoms with Gasteiger partial charge in [-0.15, -0.1) is 11.3 Å². The van der Waals surface area contributed by atoms with Gasteiger partial charge in [0.05, 0.1) is 32.4 Å². The van der Waals surface area contributed by atoms with E-state index in [9.17, 15) is 9.59 Å². The van der Waals surface area contributed by atoms with Gasteiger partial charge in [0.2, 0.25) is 0 Å². The molecule has 2 aromatic carbocycles. The van der Waals surface area contributed by atoms with Crippen molar-refractivity contribution in [1.82, 2.24) is 9.88 Å². The summed E-state index contributed by atoms with van der Waals surface area (Å²) in [6, 6.07) is 16.3. The maximum atomic E-state index is 12.6. The second kappa shape index (κ2) is 8.41. The molecule has 6 nitrogen and oxygen atoms in total. The normalized spacial score (nSPS) is 16.4. The van der Waals surface area contributed by atoms with E-state index in [0.29, 0.717) is 18.7 Å². The van der Waals surface area contributed by atoms with E-state index >= 15 is 0 Å². The molecule has 7 heteroatoms. The first-order valence-corrected chi connectivity index (χ1v) is 10.3. The lowest BCUT2D eigenvalue weighted by atomic mass is 9.99. The predicted molar refractivity (Wildman–Crippen MR) is 110 cm³/mol. The summed E-state index contributed by atoms with van der Waals surface area (Å²) in [5.74, 6) is -0.608. The van der Waals surface area contributed by atoms with Gasteiger partial charge in [-0.25, -0.2) is 9.78 Å². The summed E-state index contributed by atoms with van der Waals surface area (Å²) >= 11 is 1.68. The van der Waals surface area contributed by atoms with Crippen molar-refractivity contribution in [1.29, 1.82) is 5.26 Å². The molecule has 146 valence electrons. The molecule has 0 radical (unpaired) electrons. The number of rotatable bonds is 4. The fraction of sp³-hybridized carbons (Fsp3) is 0.273. The van der Waals surface area contributed by atoms with Crippen molar-refractivity contribution in [3.8, 4) is 6.07 Å². The molecular formula is C22H19N3O3S. The largest absolute Gasteiger partial charge is 0.452 e. The number of nitriles is 1. The lowest BCUT2D eigenvalue weighted by Gasteiger charge is -2.31. The quantitative estimate of drug-likeness (QED) is 0.618. The number of esters is 1. The van der Waals surface area contributed by atoms with Crippen LogP contribution in [-0.4, -0.2) is 41.5 Å². The lowest BCUT2D eigenvalue weighted by Crippen LogP contribution is -2.41. The highest BCUT2D eigenvalue weighted by atomic mass is 32.1. The zero-order valence-electron chi connectivity index (χ0n) is 15.7. The molecule has 1 aliphatic heterocycles. The minimum absolute atomic E-state index is 0.202. The Balaban J connectivity index is 1.37. The number of hydrogen-bond acceptors (Lipinski definition) is 6. The third-order valence-electron chi connectivity index (χ3n) is 4.99. The summed E-state index contributed by atoms with van der Waals surface area (Å²) in [5, 5.41) is 9.98. The van der Waals surface area contributed by atoms with Crippen LogP contribution in [0.4, 0.5) is 0 Å². The van der Waals surface area contributed by atoms with Gasteiger partial charge in [0.15, 0.2) is 6.61 Å². The second-order valence-corrected chi connectivity index (χ2v) is 8.03. The Bertz CT molecular complexity index is 1070. The monoisotopic (exact) mass is 405 g/mol. The van der Waals surface area contributed by atoms with Gasteiger partial charge >= 0.3 is 5.97 Å². The van der Waals surface area contributed by atoms with E-state index in [1.165, 1.54) is 6.07 Å². The molecule has 0 saturated carbocycles. The molecule has 1 aromatic heterocycles. The van der Waals surface area contributed by atoms with E-state index in [0.717, 1.165) is 28.1 Å². The molecule has 3 aromatic rings. The molecule has 0 spiro atoms. The highest BCUT2D eigenvalue weighted by Crippen LogP contribution is 2.32. The zero-order valence-corrected chi connectivity index (χ0v) is 16.5. The molecule has 1 amide bonds. The topological polar surface area (TPSA) is 83.3 Å². The number of fused-ring (bicyclic) bond motifs is 1. The number of amides is 1. The Morgan fingerprint density at radius 2 is 2.10 bits per heavy atom. The molecule has 29 heavy (non-hydrogen) atoms. The van der Waals surface area contributed by atoms with Crippen LogP contribution in [0.3, 0.4) is 0 Å². The third-order valence-corrected chi connectivity index (χ3v) is 6.19. The Morgan fingerprint density at radius 1 is 1.24 bits per heavy atom. The summed E-state index contributed by atoms with van der Waals surface area (Å²) in [4.78, 5) is 31.2. The summed E-state index contributed by atoms with van der Waals surface area (Å²) in [5.41, 5.74) is 1.63. The smallest absolute Gasteiger partial charge is 0.338 e. The number of ether oxygens (including phenoxy) is 1. The number of benzene rings is 2. The first-order chi connectivity index (χ1) is 14.1. The van der Waals surface area contributed by atoms with Crippen LogP contribution in [0.5, 0.6) is 0 Å². The van der Waals surface area contributed by atoms with E-state index in [4.69, 9.17) is 15.0 Å². The Morgan fingerprint density at radius 3 is 2.93 bits per heavy atom. The second-order valence-electron chi connectivity index (χ2n) is 6.97. The van der Waals surface area contributed by atoms with Crippen LogP contribution in [0.2, 0.25) is 0 Å². The number of hydrogen-bond donors (Lipinski definition) is 0. The number of carbonyl (C=O) groups is 2. The van der Waals surface area contributed by atoms with Gasteiger partial charge in [0, 0.05) is 19.0 Å².